The number of amides is 3. The molecular weight excluding hydrogens is 699 g/mol. The lowest BCUT2D eigenvalue weighted by molar-refractivity contribution is -0.140. The number of hydrogen-bond acceptors (Lipinski definition) is 5. The number of benzene rings is 2. The van der Waals surface area contributed by atoms with Crippen LogP contribution in [0.4, 0.5) is 18.0 Å². The Kier molecular flexibility index (Phi) is 12.4. The fourth-order valence-corrected chi connectivity index (χ4v) is 8.04. The third kappa shape index (κ3) is 8.78. The van der Waals surface area contributed by atoms with Crippen LogP contribution in [0.2, 0.25) is 0 Å². The minimum atomic E-state index is -4.61. The Bertz CT molecular complexity index is 1830. The minimum Gasteiger partial charge on any atom is -0.465 e. The molecule has 1 N–H and O–H groups in total. The van der Waals surface area contributed by atoms with E-state index in [4.69, 9.17) is 4.74 Å². The molecule has 0 saturated carbocycles. The molecule has 6 rings (SSSR count). The predicted octanol–water partition coefficient (Wildman–Crippen LogP) is 7.00. The molecule has 54 heavy (non-hydrogen) atoms. The number of aromatic nitrogens is 1. The number of carboxylic acid groups (broad SMARTS) is 1. The van der Waals surface area contributed by atoms with Crippen LogP contribution in [-0.4, -0.2) is 112 Å². The molecule has 1 aromatic heterocycles. The number of carbonyl (C=O) groups excluding carboxylic acids is 2. The standard InChI is InChI=1S/C41H52F3N5O5/c1-4-6-13-46(14-7-5-2)38(50)34-23-37(49(28(34)3)27-41(42,43)44)35-21-30-12-15-47(40(52)53)24-32(30)22-36(35)39(51)48-25-31-11-9-8-10-29(31)20-33(48)26-45-16-18-54-19-17-45/h8-11,21-23,33H,4-7,12-20,24-27H2,1-3H3,(H,52,53)/t33-/m0/s1. The quantitative estimate of drug-likeness (QED) is 0.214. The molecule has 13 heteroatoms. The molecule has 0 radical (unpaired) electrons. The van der Waals surface area contributed by atoms with E-state index in [9.17, 15) is 27.9 Å². The summed E-state index contributed by atoms with van der Waals surface area (Å²) in [6.07, 6.45) is -1.47. The molecule has 3 amide bonds. The summed E-state index contributed by atoms with van der Waals surface area (Å²) in [5.74, 6) is -0.663. The molecular formula is C41H52F3N5O5. The van der Waals surface area contributed by atoms with Crippen LogP contribution in [0.5, 0.6) is 0 Å². The first-order chi connectivity index (χ1) is 25.9. The van der Waals surface area contributed by atoms with Crippen molar-refractivity contribution in [3.63, 3.8) is 0 Å². The first kappa shape index (κ1) is 39.3. The van der Waals surface area contributed by atoms with Gasteiger partial charge in [0.15, 0.2) is 0 Å². The number of fused-ring (bicyclic) bond motifs is 2. The van der Waals surface area contributed by atoms with E-state index in [1.807, 2.05) is 36.9 Å². The van der Waals surface area contributed by atoms with Gasteiger partial charge in [0.2, 0.25) is 0 Å². The second-order valence-electron chi connectivity index (χ2n) is 14.8. The summed E-state index contributed by atoms with van der Waals surface area (Å²) >= 11 is 0. The maximum absolute atomic E-state index is 15.2. The number of alkyl halides is 3. The van der Waals surface area contributed by atoms with E-state index in [0.717, 1.165) is 60.0 Å². The Labute approximate surface area is 315 Å². The van der Waals surface area contributed by atoms with Gasteiger partial charge in [0, 0.05) is 75.2 Å². The van der Waals surface area contributed by atoms with Crippen LogP contribution in [0.15, 0.2) is 42.5 Å². The van der Waals surface area contributed by atoms with E-state index in [2.05, 4.69) is 11.0 Å². The van der Waals surface area contributed by atoms with E-state index in [-0.39, 0.29) is 53.5 Å². The molecule has 10 nitrogen and oxygen atoms in total. The first-order valence-electron chi connectivity index (χ1n) is 19.3. The molecule has 0 bridgehead atoms. The van der Waals surface area contributed by atoms with Gasteiger partial charge in [0.05, 0.1) is 24.5 Å². The van der Waals surface area contributed by atoms with E-state index in [1.165, 1.54) is 11.0 Å². The Morgan fingerprint density at radius 2 is 1.57 bits per heavy atom. The van der Waals surface area contributed by atoms with Crippen molar-refractivity contribution in [2.24, 2.45) is 0 Å². The Balaban J connectivity index is 1.50. The van der Waals surface area contributed by atoms with Crippen molar-refractivity contribution in [1.29, 1.82) is 0 Å². The van der Waals surface area contributed by atoms with Gasteiger partial charge in [-0.2, -0.15) is 13.2 Å². The summed E-state index contributed by atoms with van der Waals surface area (Å²) in [6.45, 7) is 9.10. The fraction of sp³-hybridized carbons (Fsp3) is 0.537. The number of ether oxygens (including phenoxy) is 1. The van der Waals surface area contributed by atoms with Gasteiger partial charge in [-0.05, 0) is 73.1 Å². The zero-order valence-electron chi connectivity index (χ0n) is 31.6. The highest BCUT2D eigenvalue weighted by Crippen LogP contribution is 2.37. The monoisotopic (exact) mass is 751 g/mol. The lowest BCUT2D eigenvalue weighted by atomic mass is 9.89. The zero-order valence-corrected chi connectivity index (χ0v) is 31.6. The van der Waals surface area contributed by atoms with Crippen molar-refractivity contribution in [2.75, 3.05) is 52.5 Å². The van der Waals surface area contributed by atoms with E-state index in [1.54, 1.807) is 24.0 Å². The van der Waals surface area contributed by atoms with Gasteiger partial charge in [-0.15, -0.1) is 0 Å². The number of hydrogen-bond donors (Lipinski definition) is 1. The average Bonchev–Trinajstić information content (AvgIpc) is 3.47. The SMILES string of the molecule is CCCCN(CCCC)C(=O)c1cc(-c2cc3c(cc2C(=O)N2Cc4ccccc4C[C@H]2CN2CCOCC2)CN(C(=O)O)CC3)n(CC(F)(F)F)c1C. The highest BCUT2D eigenvalue weighted by molar-refractivity contribution is 6.03. The summed E-state index contributed by atoms with van der Waals surface area (Å²) in [5, 5.41) is 9.84. The summed E-state index contributed by atoms with van der Waals surface area (Å²) < 4.78 is 49.9. The van der Waals surface area contributed by atoms with Crippen molar-refractivity contribution in [3.05, 3.63) is 81.5 Å². The fourth-order valence-electron chi connectivity index (χ4n) is 8.04. The van der Waals surface area contributed by atoms with E-state index in [0.29, 0.717) is 63.4 Å². The lowest BCUT2D eigenvalue weighted by Crippen LogP contribution is -2.52. The molecule has 0 spiro atoms. The normalized spacial score (nSPS) is 17.6. The van der Waals surface area contributed by atoms with E-state index >= 15 is 4.79 Å². The second kappa shape index (κ2) is 17.0. The van der Waals surface area contributed by atoms with Crippen LogP contribution in [-0.2, 0) is 37.2 Å². The summed E-state index contributed by atoms with van der Waals surface area (Å²) in [4.78, 5) is 48.5. The molecule has 0 aliphatic carbocycles. The molecule has 1 atom stereocenters. The Morgan fingerprint density at radius 3 is 2.22 bits per heavy atom. The van der Waals surface area contributed by atoms with Crippen LogP contribution in [0.25, 0.3) is 11.3 Å². The number of morpholine rings is 1. The van der Waals surface area contributed by atoms with Crippen LogP contribution in [0.1, 0.15) is 88.2 Å². The molecule has 292 valence electrons. The summed E-state index contributed by atoms with van der Waals surface area (Å²) in [6, 6.07) is 12.8. The number of carbonyl (C=O) groups is 3. The van der Waals surface area contributed by atoms with Gasteiger partial charge in [0.1, 0.15) is 6.54 Å². The zero-order chi connectivity index (χ0) is 38.6. The highest BCUT2D eigenvalue weighted by Gasteiger charge is 2.37. The molecule has 2 aromatic carbocycles. The van der Waals surface area contributed by atoms with Crippen molar-refractivity contribution >= 4 is 17.9 Å². The van der Waals surface area contributed by atoms with Crippen molar-refractivity contribution < 1.29 is 37.4 Å². The number of unbranched alkanes of at least 4 members (excludes halogenated alkanes) is 2. The Hall–Kier alpha value is -4.36. The lowest BCUT2D eigenvalue weighted by Gasteiger charge is -2.41. The Morgan fingerprint density at radius 1 is 0.889 bits per heavy atom. The molecule has 3 aromatic rings. The molecule has 4 heterocycles. The molecule has 3 aliphatic heterocycles. The topological polar surface area (TPSA) is 98.6 Å². The largest absolute Gasteiger partial charge is 0.465 e. The third-order valence-corrected chi connectivity index (χ3v) is 11.1. The van der Waals surface area contributed by atoms with Crippen LogP contribution in [0.3, 0.4) is 0 Å². The molecule has 0 unspecified atom stereocenters. The first-order valence-corrected chi connectivity index (χ1v) is 19.3. The highest BCUT2D eigenvalue weighted by atomic mass is 19.4. The van der Waals surface area contributed by atoms with Gasteiger partial charge in [-0.25, -0.2) is 4.79 Å². The summed E-state index contributed by atoms with van der Waals surface area (Å²) in [7, 11) is 0. The number of halogens is 3. The van der Waals surface area contributed by atoms with Crippen LogP contribution >= 0.6 is 0 Å². The third-order valence-electron chi connectivity index (χ3n) is 11.1. The molecule has 3 aliphatic rings. The van der Waals surface area contributed by atoms with Gasteiger partial charge in [-0.1, -0.05) is 51.0 Å². The maximum Gasteiger partial charge on any atom is 0.407 e. The minimum absolute atomic E-state index is 0.0570. The van der Waals surface area contributed by atoms with Gasteiger partial charge < -0.3 is 29.1 Å². The predicted molar refractivity (Wildman–Crippen MR) is 200 cm³/mol. The number of nitrogens with zero attached hydrogens (tertiary/aromatic N) is 5. The van der Waals surface area contributed by atoms with Crippen LogP contribution < -0.4 is 0 Å². The smallest absolute Gasteiger partial charge is 0.407 e. The second-order valence-corrected chi connectivity index (χ2v) is 14.8. The molecule has 1 saturated heterocycles. The van der Waals surface area contributed by atoms with Gasteiger partial charge in [0.25, 0.3) is 11.8 Å². The number of rotatable bonds is 12. The van der Waals surface area contributed by atoms with Crippen molar-refractivity contribution in [1.82, 2.24) is 24.2 Å². The molecule has 1 fully saturated rings. The summed E-state index contributed by atoms with van der Waals surface area (Å²) in [5.41, 5.74) is 4.60. The van der Waals surface area contributed by atoms with Crippen LogP contribution in [0, 0.1) is 6.92 Å². The van der Waals surface area contributed by atoms with Gasteiger partial charge >= 0.3 is 12.3 Å². The van der Waals surface area contributed by atoms with Crippen molar-refractivity contribution in [3.8, 4) is 11.3 Å². The van der Waals surface area contributed by atoms with Crippen molar-refractivity contribution in [2.45, 2.75) is 91.1 Å². The maximum atomic E-state index is 15.2. The van der Waals surface area contributed by atoms with Gasteiger partial charge in [-0.3, -0.25) is 14.5 Å². The van der Waals surface area contributed by atoms with E-state index < -0.39 is 18.8 Å². The average molecular weight is 752 g/mol.